The Morgan fingerprint density at radius 2 is 1.60 bits per heavy atom. The Morgan fingerprint density at radius 3 is 2.24 bits per heavy atom. The van der Waals surface area contributed by atoms with Crippen LogP contribution in [0.4, 0.5) is 0 Å². The second-order valence-electron chi connectivity index (χ2n) is 14.5. The predicted octanol–water partition coefficient (Wildman–Crippen LogP) is 1.39. The number of ether oxygens (including phenoxy) is 1. The first-order valence-electron chi connectivity index (χ1n) is 17.1. The van der Waals surface area contributed by atoms with Gasteiger partial charge in [0.25, 0.3) is 0 Å². The summed E-state index contributed by atoms with van der Waals surface area (Å²) in [5.74, 6) is -2.89. The van der Waals surface area contributed by atoms with Crippen molar-refractivity contribution in [1.29, 1.82) is 0 Å². The minimum atomic E-state index is -1.88. The molecule has 2 aromatic rings. The molecule has 6 rings (SSSR count). The summed E-state index contributed by atoms with van der Waals surface area (Å²) in [6.45, 7) is -0.555. The SMILES string of the molecule is COC(=O)C1(C(=O)CNC(=O)[C@@H](CCSC)NC(=O)[C@@H](N)Cc2ccc(O)cc2)C2CC3CC(N)(C2)CC1(C(=O)[C@@H](N)Cc1ccccc1)C3. The second-order valence-corrected chi connectivity index (χ2v) is 15.4. The fourth-order valence-corrected chi connectivity index (χ4v) is 9.70. The fourth-order valence-electron chi connectivity index (χ4n) is 9.23. The Hall–Kier alpha value is -3.78. The Labute approximate surface area is 297 Å². The van der Waals surface area contributed by atoms with E-state index < -0.39 is 70.5 Å². The molecule has 9 N–H and O–H groups in total. The number of hydrogen-bond acceptors (Lipinski definition) is 11. The number of nitrogens with one attached hydrogen (secondary N) is 2. The van der Waals surface area contributed by atoms with Gasteiger partial charge in [-0.2, -0.15) is 11.8 Å². The summed E-state index contributed by atoms with van der Waals surface area (Å²) in [6.07, 6.45) is 4.52. The van der Waals surface area contributed by atoms with Crippen LogP contribution in [-0.4, -0.2) is 83.8 Å². The normalized spacial score (nSPS) is 28.3. The van der Waals surface area contributed by atoms with Gasteiger partial charge in [-0.1, -0.05) is 42.5 Å². The van der Waals surface area contributed by atoms with E-state index >= 15 is 0 Å². The Kier molecular flexibility index (Phi) is 11.4. The maximum atomic E-state index is 14.7. The van der Waals surface area contributed by atoms with Crippen LogP contribution in [0.1, 0.15) is 49.7 Å². The van der Waals surface area contributed by atoms with Crippen molar-refractivity contribution in [2.75, 3.05) is 25.7 Å². The lowest BCUT2D eigenvalue weighted by Gasteiger charge is -2.67. The van der Waals surface area contributed by atoms with Crippen molar-refractivity contribution in [2.45, 2.75) is 75.0 Å². The number of thioether (sulfide) groups is 1. The van der Waals surface area contributed by atoms with Gasteiger partial charge in [-0.3, -0.25) is 24.0 Å². The lowest BCUT2D eigenvalue weighted by atomic mass is 9.35. The quantitative estimate of drug-likeness (QED) is 0.108. The summed E-state index contributed by atoms with van der Waals surface area (Å²) in [5.41, 5.74) is 17.2. The number of hydrogen-bond donors (Lipinski definition) is 6. The van der Waals surface area contributed by atoms with Gasteiger partial charge in [0.2, 0.25) is 11.8 Å². The zero-order valence-electron chi connectivity index (χ0n) is 28.7. The van der Waals surface area contributed by atoms with Gasteiger partial charge in [-0.25, -0.2) is 0 Å². The second kappa shape index (κ2) is 15.2. The summed E-state index contributed by atoms with van der Waals surface area (Å²) in [5, 5.41) is 15.0. The van der Waals surface area contributed by atoms with E-state index in [1.807, 2.05) is 36.6 Å². The number of carbonyl (C=O) groups is 5. The van der Waals surface area contributed by atoms with Crippen molar-refractivity contribution in [3.63, 3.8) is 0 Å². The topological polar surface area (TPSA) is 217 Å². The largest absolute Gasteiger partial charge is 0.508 e. The standard InChI is InChI=1S/C37H49N5O7S/c1-49-34(48)37(25-14-24-17-35(40,19-25)21-36(37,18-24)31(45)27(38)15-22-6-4-3-5-7-22)30(44)20-41-33(47)29(12-13-50-2)42-32(46)28(39)16-23-8-10-26(43)11-9-23/h3-11,24-25,27-29,43H,12-21,38-40H2,1-2H3,(H,41,47)(H,42,46)/t24?,25?,27-,28-,29+,35?,36?,37?/m0/s1. The maximum absolute atomic E-state index is 14.7. The van der Waals surface area contributed by atoms with E-state index in [9.17, 15) is 29.1 Å². The molecule has 4 aliphatic rings. The zero-order chi connectivity index (χ0) is 36.3. The van der Waals surface area contributed by atoms with E-state index in [0.717, 1.165) is 11.1 Å². The molecule has 0 aromatic heterocycles. The van der Waals surface area contributed by atoms with Gasteiger partial charge >= 0.3 is 5.97 Å². The molecule has 4 bridgehead atoms. The maximum Gasteiger partial charge on any atom is 0.320 e. The highest BCUT2D eigenvalue weighted by molar-refractivity contribution is 7.98. The average Bonchev–Trinajstić information content (AvgIpc) is 3.08. The molecule has 13 heteroatoms. The minimum Gasteiger partial charge on any atom is -0.508 e. The van der Waals surface area contributed by atoms with Gasteiger partial charge in [0, 0.05) is 5.54 Å². The highest BCUT2D eigenvalue weighted by Gasteiger charge is 2.77. The lowest BCUT2D eigenvalue weighted by molar-refractivity contribution is -0.211. The van der Waals surface area contributed by atoms with Crippen molar-refractivity contribution in [2.24, 2.45) is 39.9 Å². The first-order valence-corrected chi connectivity index (χ1v) is 18.5. The van der Waals surface area contributed by atoms with E-state index in [1.54, 1.807) is 12.1 Å². The number of phenolic OH excluding ortho intramolecular Hbond substituents is 1. The highest BCUT2D eigenvalue weighted by Crippen LogP contribution is 2.70. The number of rotatable bonds is 16. The number of carbonyl (C=O) groups excluding carboxylic acids is 5. The molecule has 2 amide bonds. The Balaban J connectivity index is 1.38. The zero-order valence-corrected chi connectivity index (χ0v) is 29.5. The van der Waals surface area contributed by atoms with Crippen LogP contribution in [-0.2, 0) is 41.6 Å². The molecule has 0 radical (unpaired) electrons. The van der Waals surface area contributed by atoms with Gasteiger partial charge in [0.15, 0.2) is 11.6 Å². The van der Waals surface area contributed by atoms with Crippen molar-refractivity contribution < 1.29 is 33.8 Å². The van der Waals surface area contributed by atoms with Crippen LogP contribution < -0.4 is 27.8 Å². The summed E-state index contributed by atoms with van der Waals surface area (Å²) < 4.78 is 5.35. The van der Waals surface area contributed by atoms with Crippen molar-refractivity contribution in [1.82, 2.24) is 10.6 Å². The molecule has 5 unspecified atom stereocenters. The smallest absolute Gasteiger partial charge is 0.320 e. The number of benzene rings is 2. The molecule has 0 heterocycles. The molecule has 270 valence electrons. The summed E-state index contributed by atoms with van der Waals surface area (Å²) in [7, 11) is 1.21. The van der Waals surface area contributed by atoms with E-state index in [-0.39, 0.29) is 49.6 Å². The van der Waals surface area contributed by atoms with Crippen molar-refractivity contribution in [3.05, 3.63) is 65.7 Å². The molecule has 2 aromatic carbocycles. The number of ketones is 2. The summed E-state index contributed by atoms with van der Waals surface area (Å²) >= 11 is 1.49. The summed E-state index contributed by atoms with van der Waals surface area (Å²) in [6, 6.07) is 12.7. The highest BCUT2D eigenvalue weighted by atomic mass is 32.2. The van der Waals surface area contributed by atoms with E-state index in [2.05, 4.69) is 10.6 Å². The van der Waals surface area contributed by atoms with Gasteiger partial charge in [-0.05, 0) is 98.5 Å². The third-order valence-corrected chi connectivity index (χ3v) is 11.7. The molecule has 4 saturated carbocycles. The van der Waals surface area contributed by atoms with Crippen molar-refractivity contribution >= 4 is 41.1 Å². The van der Waals surface area contributed by atoms with Crippen LogP contribution >= 0.6 is 11.8 Å². The van der Waals surface area contributed by atoms with Crippen LogP contribution in [0.25, 0.3) is 0 Å². The van der Waals surface area contributed by atoms with Crippen LogP contribution in [0.3, 0.4) is 0 Å². The first-order chi connectivity index (χ1) is 23.8. The number of phenols is 1. The molecule has 0 saturated heterocycles. The lowest BCUT2D eigenvalue weighted by Crippen LogP contribution is -2.76. The summed E-state index contributed by atoms with van der Waals surface area (Å²) in [4.78, 5) is 70.2. The minimum absolute atomic E-state index is 0.0393. The average molecular weight is 708 g/mol. The van der Waals surface area contributed by atoms with Crippen LogP contribution in [0.5, 0.6) is 5.75 Å². The predicted molar refractivity (Wildman–Crippen MR) is 190 cm³/mol. The third-order valence-electron chi connectivity index (χ3n) is 11.1. The van der Waals surface area contributed by atoms with Gasteiger partial charge in [-0.15, -0.1) is 0 Å². The number of Topliss-reactive ketones (excluding diaryl/α,β-unsaturated/α-hetero) is 2. The number of aromatic hydroxyl groups is 1. The Bertz CT molecular complexity index is 1590. The molecule has 8 atom stereocenters. The number of esters is 1. The third kappa shape index (κ3) is 7.19. The Morgan fingerprint density at radius 1 is 0.940 bits per heavy atom. The molecular weight excluding hydrogens is 659 g/mol. The van der Waals surface area contributed by atoms with Crippen LogP contribution in [0, 0.1) is 22.7 Å². The van der Waals surface area contributed by atoms with E-state index in [0.29, 0.717) is 25.0 Å². The molecular formula is C37H49N5O7S. The monoisotopic (exact) mass is 707 g/mol. The van der Waals surface area contributed by atoms with E-state index in [1.165, 1.54) is 31.0 Å². The first kappa shape index (κ1) is 37.5. The number of methoxy groups -OCH3 is 1. The fraction of sp³-hybridized carbons (Fsp3) is 0.541. The molecule has 4 fully saturated rings. The van der Waals surface area contributed by atoms with E-state index in [4.69, 9.17) is 21.9 Å². The van der Waals surface area contributed by atoms with Crippen molar-refractivity contribution in [3.8, 4) is 5.75 Å². The number of amides is 2. The van der Waals surface area contributed by atoms with Gasteiger partial charge in [0.1, 0.15) is 17.2 Å². The molecule has 0 aliphatic heterocycles. The van der Waals surface area contributed by atoms with Gasteiger partial charge in [0.05, 0.1) is 31.2 Å². The number of nitrogens with two attached hydrogens (primary N) is 3. The molecule has 0 spiro atoms. The molecule has 4 aliphatic carbocycles. The van der Waals surface area contributed by atoms with Crippen LogP contribution in [0.2, 0.25) is 0 Å². The van der Waals surface area contributed by atoms with Crippen LogP contribution in [0.15, 0.2) is 54.6 Å². The molecule has 12 nitrogen and oxygen atoms in total. The van der Waals surface area contributed by atoms with Gasteiger partial charge < -0.3 is 37.7 Å². The molecule has 50 heavy (non-hydrogen) atoms.